The van der Waals surface area contributed by atoms with E-state index in [-0.39, 0.29) is 30.8 Å². The van der Waals surface area contributed by atoms with Crippen molar-refractivity contribution in [3.05, 3.63) is 24.3 Å². The van der Waals surface area contributed by atoms with E-state index in [0.29, 0.717) is 13.1 Å². The molecule has 130 valence electrons. The van der Waals surface area contributed by atoms with Crippen LogP contribution in [0.25, 0.3) is 0 Å². The van der Waals surface area contributed by atoms with Crippen LogP contribution in [0.4, 0.5) is 5.69 Å². The van der Waals surface area contributed by atoms with Crippen LogP contribution in [0.15, 0.2) is 29.2 Å². The van der Waals surface area contributed by atoms with E-state index in [0.717, 1.165) is 42.2 Å². The first-order chi connectivity index (χ1) is 11.7. The molecule has 2 heterocycles. The fraction of sp³-hybridized carbons (Fsp3) is 0.556. The normalized spacial score (nSPS) is 19.8. The fourth-order valence-corrected chi connectivity index (χ4v) is 4.11. The van der Waals surface area contributed by atoms with Crippen LogP contribution < -0.4 is 10.2 Å². The van der Waals surface area contributed by atoms with Crippen molar-refractivity contribution in [2.45, 2.75) is 43.1 Å². The minimum Gasteiger partial charge on any atom is -0.378 e. The van der Waals surface area contributed by atoms with Gasteiger partial charge in [0.15, 0.2) is 0 Å². The average molecular weight is 348 g/mol. The van der Waals surface area contributed by atoms with Gasteiger partial charge in [0.25, 0.3) is 0 Å². The van der Waals surface area contributed by atoms with Gasteiger partial charge in [-0.25, -0.2) is 0 Å². The number of carbonyl (C=O) groups excluding carboxylic acids is 2. The van der Waals surface area contributed by atoms with E-state index in [4.69, 9.17) is 4.74 Å². The molecule has 0 radical (unpaired) electrons. The lowest BCUT2D eigenvalue weighted by Crippen LogP contribution is -2.36. The maximum Gasteiger partial charge on any atom is 0.227 e. The van der Waals surface area contributed by atoms with E-state index in [1.165, 1.54) is 0 Å². The molecule has 0 aromatic heterocycles. The Morgan fingerprint density at radius 2 is 2.17 bits per heavy atom. The number of benzene rings is 1. The minimum absolute atomic E-state index is 0.0250. The highest BCUT2D eigenvalue weighted by atomic mass is 32.2. The summed E-state index contributed by atoms with van der Waals surface area (Å²) in [7, 11) is 0. The molecule has 1 saturated heterocycles. The summed E-state index contributed by atoms with van der Waals surface area (Å²) in [5, 5.41) is 2.89. The van der Waals surface area contributed by atoms with Gasteiger partial charge in [-0.3, -0.25) is 9.59 Å². The number of hydrogen-bond donors (Lipinski definition) is 1. The van der Waals surface area contributed by atoms with Crippen molar-refractivity contribution in [3.8, 4) is 0 Å². The van der Waals surface area contributed by atoms with Crippen LogP contribution in [0.2, 0.25) is 0 Å². The van der Waals surface area contributed by atoms with Crippen LogP contribution in [0, 0.1) is 0 Å². The third-order valence-corrected chi connectivity index (χ3v) is 5.45. The van der Waals surface area contributed by atoms with Crippen LogP contribution in [-0.2, 0) is 14.3 Å². The lowest BCUT2D eigenvalue weighted by molar-refractivity contribution is -0.125. The minimum atomic E-state index is -0.0546. The molecule has 2 amide bonds. The molecule has 2 aliphatic heterocycles. The van der Waals surface area contributed by atoms with Gasteiger partial charge in [0, 0.05) is 43.2 Å². The predicted octanol–water partition coefficient (Wildman–Crippen LogP) is 2.59. The van der Waals surface area contributed by atoms with Crippen LogP contribution in [0.1, 0.15) is 32.1 Å². The summed E-state index contributed by atoms with van der Waals surface area (Å²) >= 11 is 1.77. The highest BCUT2D eigenvalue weighted by Crippen LogP contribution is 2.34. The quantitative estimate of drug-likeness (QED) is 0.858. The molecule has 0 aliphatic carbocycles. The van der Waals surface area contributed by atoms with E-state index in [2.05, 4.69) is 5.32 Å². The monoisotopic (exact) mass is 348 g/mol. The number of anilines is 1. The van der Waals surface area contributed by atoms with Gasteiger partial charge in [0.05, 0.1) is 11.8 Å². The SMILES string of the molecule is O=C(CCC(=O)N1CCSc2ccccc21)NCC[C@@H]1CCCO1. The zero-order valence-corrected chi connectivity index (χ0v) is 14.6. The number of ether oxygens (including phenoxy) is 1. The maximum atomic E-state index is 12.5. The van der Waals surface area contributed by atoms with Crippen molar-refractivity contribution in [2.75, 3.05) is 30.3 Å². The molecule has 1 fully saturated rings. The van der Waals surface area contributed by atoms with Crippen molar-refractivity contribution in [1.29, 1.82) is 0 Å². The molecule has 1 atom stereocenters. The van der Waals surface area contributed by atoms with Gasteiger partial charge in [-0.2, -0.15) is 0 Å². The molecule has 3 rings (SSSR count). The molecule has 5 nitrogen and oxygen atoms in total. The standard InChI is InChI=1S/C18H24N2O3S/c21-17(19-10-9-14-4-3-12-23-14)7-8-18(22)20-11-13-24-16-6-2-1-5-15(16)20/h1-2,5-6,14H,3-4,7-13H2,(H,19,21)/t14-/m0/s1. The van der Waals surface area contributed by atoms with Crippen LogP contribution in [-0.4, -0.2) is 43.4 Å². The van der Waals surface area contributed by atoms with E-state index in [1.807, 2.05) is 29.2 Å². The smallest absolute Gasteiger partial charge is 0.227 e. The number of hydrogen-bond acceptors (Lipinski definition) is 4. The zero-order chi connectivity index (χ0) is 16.8. The number of rotatable bonds is 6. The first-order valence-corrected chi connectivity index (χ1v) is 9.63. The fourth-order valence-electron chi connectivity index (χ4n) is 3.12. The summed E-state index contributed by atoms with van der Waals surface area (Å²) in [6.45, 7) is 2.17. The van der Waals surface area contributed by atoms with Crippen molar-refractivity contribution in [2.24, 2.45) is 0 Å². The molecular formula is C18H24N2O3S. The maximum absolute atomic E-state index is 12.5. The van der Waals surface area contributed by atoms with Gasteiger partial charge >= 0.3 is 0 Å². The average Bonchev–Trinajstić information content (AvgIpc) is 3.12. The molecule has 6 heteroatoms. The Morgan fingerprint density at radius 3 is 3.00 bits per heavy atom. The Morgan fingerprint density at radius 1 is 1.29 bits per heavy atom. The summed E-state index contributed by atoms with van der Waals surface area (Å²) < 4.78 is 5.53. The Bertz CT molecular complexity index is 587. The molecule has 1 aromatic rings. The molecule has 2 aliphatic rings. The van der Waals surface area contributed by atoms with E-state index < -0.39 is 0 Å². The number of thioether (sulfide) groups is 1. The van der Waals surface area contributed by atoms with Gasteiger partial charge < -0.3 is 15.0 Å². The van der Waals surface area contributed by atoms with Crippen LogP contribution in [0.3, 0.4) is 0 Å². The number of carbonyl (C=O) groups is 2. The summed E-state index contributed by atoms with van der Waals surface area (Å²) in [5.41, 5.74) is 0.970. The van der Waals surface area contributed by atoms with Crippen molar-refractivity contribution in [3.63, 3.8) is 0 Å². The summed E-state index contributed by atoms with van der Waals surface area (Å²) in [6, 6.07) is 7.95. The van der Waals surface area contributed by atoms with Gasteiger partial charge in [0.1, 0.15) is 0 Å². The largest absolute Gasteiger partial charge is 0.378 e. The third kappa shape index (κ3) is 4.51. The topological polar surface area (TPSA) is 58.6 Å². The van der Waals surface area contributed by atoms with Crippen LogP contribution in [0.5, 0.6) is 0 Å². The highest BCUT2D eigenvalue weighted by molar-refractivity contribution is 7.99. The van der Waals surface area contributed by atoms with E-state index in [9.17, 15) is 9.59 Å². The number of para-hydroxylation sites is 1. The lowest BCUT2D eigenvalue weighted by atomic mass is 10.2. The van der Waals surface area contributed by atoms with Crippen molar-refractivity contribution in [1.82, 2.24) is 5.32 Å². The second-order valence-corrected chi connectivity index (χ2v) is 7.27. The van der Waals surface area contributed by atoms with Gasteiger partial charge in [0.2, 0.25) is 11.8 Å². The molecule has 1 N–H and O–H groups in total. The molecule has 1 aromatic carbocycles. The predicted molar refractivity (Wildman–Crippen MR) is 95.4 cm³/mol. The van der Waals surface area contributed by atoms with E-state index in [1.54, 1.807) is 11.8 Å². The molecule has 24 heavy (non-hydrogen) atoms. The second-order valence-electron chi connectivity index (χ2n) is 6.14. The second kappa shape index (κ2) is 8.53. The van der Waals surface area contributed by atoms with Gasteiger partial charge in [-0.1, -0.05) is 12.1 Å². The number of nitrogens with zero attached hydrogens (tertiary/aromatic N) is 1. The van der Waals surface area contributed by atoms with Gasteiger partial charge in [-0.15, -0.1) is 11.8 Å². The third-order valence-electron chi connectivity index (χ3n) is 4.41. The summed E-state index contributed by atoms with van der Waals surface area (Å²) in [6.07, 6.45) is 3.84. The number of fused-ring (bicyclic) bond motifs is 1. The van der Waals surface area contributed by atoms with Crippen LogP contribution >= 0.6 is 11.8 Å². The summed E-state index contributed by atoms with van der Waals surface area (Å²) in [5.74, 6) is 0.870. The molecule has 0 bridgehead atoms. The lowest BCUT2D eigenvalue weighted by Gasteiger charge is -2.29. The Kier molecular flexibility index (Phi) is 6.15. The Hall–Kier alpha value is -1.53. The number of amides is 2. The first kappa shape index (κ1) is 17.3. The van der Waals surface area contributed by atoms with Crippen molar-refractivity contribution < 1.29 is 14.3 Å². The van der Waals surface area contributed by atoms with Gasteiger partial charge in [-0.05, 0) is 31.4 Å². The molecular weight excluding hydrogens is 324 g/mol. The number of nitrogens with one attached hydrogen (secondary N) is 1. The zero-order valence-electron chi connectivity index (χ0n) is 13.8. The Labute approximate surface area is 147 Å². The first-order valence-electron chi connectivity index (χ1n) is 8.64. The highest BCUT2D eigenvalue weighted by Gasteiger charge is 2.23. The summed E-state index contributed by atoms with van der Waals surface area (Å²) in [4.78, 5) is 27.3. The van der Waals surface area contributed by atoms with Crippen molar-refractivity contribution >= 4 is 29.3 Å². The molecule has 0 saturated carbocycles. The Balaban J connectivity index is 1.41. The molecule has 0 spiro atoms. The molecule has 0 unspecified atom stereocenters. The van der Waals surface area contributed by atoms with E-state index >= 15 is 0 Å².